The number of hydrogen-bond donors (Lipinski definition) is 2. The molecule has 1 unspecified atom stereocenters. The molecule has 62 valence electrons. The van der Waals surface area contributed by atoms with Gasteiger partial charge in [0.25, 0.3) is 0 Å². The van der Waals surface area contributed by atoms with Gasteiger partial charge in [-0.25, -0.2) is 5.43 Å². The van der Waals surface area contributed by atoms with E-state index in [0.717, 1.165) is 11.5 Å². The molecule has 0 spiro atoms. The molecule has 1 aromatic heterocycles. The van der Waals surface area contributed by atoms with Crippen molar-refractivity contribution in [3.8, 4) is 0 Å². The molecule has 3 nitrogen and oxygen atoms in total. The third-order valence-electron chi connectivity index (χ3n) is 1.42. The fraction of sp³-hybridized carbons (Fsp3) is 0.429. The Morgan fingerprint density at radius 3 is 3.09 bits per heavy atom. The highest BCUT2D eigenvalue weighted by molar-refractivity contribution is 7.98. The number of nitrogens with two attached hydrogens (primary N) is 1. The Morgan fingerprint density at radius 2 is 2.64 bits per heavy atom. The minimum atomic E-state index is 0.125. The Hall–Kier alpha value is -0.450. The zero-order valence-electron chi connectivity index (χ0n) is 6.41. The number of hydrogen-bond acceptors (Lipinski definition) is 4. The molecule has 0 aliphatic heterocycles. The summed E-state index contributed by atoms with van der Waals surface area (Å²) in [5.41, 5.74) is 2.69. The minimum Gasteiger partial charge on any atom is -0.468 e. The number of hydrazine groups is 1. The van der Waals surface area contributed by atoms with E-state index in [1.54, 1.807) is 18.0 Å². The van der Waals surface area contributed by atoms with Crippen molar-refractivity contribution in [1.82, 2.24) is 5.43 Å². The van der Waals surface area contributed by atoms with Crippen LogP contribution in [0.25, 0.3) is 0 Å². The summed E-state index contributed by atoms with van der Waals surface area (Å²) in [6.45, 7) is 0. The van der Waals surface area contributed by atoms with Crippen LogP contribution >= 0.6 is 11.8 Å². The monoisotopic (exact) mass is 172 g/mol. The zero-order valence-corrected chi connectivity index (χ0v) is 7.23. The summed E-state index contributed by atoms with van der Waals surface area (Å²) in [7, 11) is 0. The van der Waals surface area contributed by atoms with E-state index in [2.05, 4.69) is 5.43 Å². The van der Waals surface area contributed by atoms with Crippen molar-refractivity contribution in [3.05, 3.63) is 24.2 Å². The molecule has 0 aromatic carbocycles. The van der Waals surface area contributed by atoms with Gasteiger partial charge in [0.15, 0.2) is 0 Å². The predicted octanol–water partition coefficient (Wildman–Crippen LogP) is 1.15. The average Bonchev–Trinajstić information content (AvgIpc) is 2.52. The zero-order chi connectivity index (χ0) is 8.10. The van der Waals surface area contributed by atoms with Crippen LogP contribution in [0.2, 0.25) is 0 Å². The number of furan rings is 1. The van der Waals surface area contributed by atoms with E-state index in [-0.39, 0.29) is 6.04 Å². The molecule has 3 N–H and O–H groups in total. The Balaban J connectivity index is 2.56. The van der Waals surface area contributed by atoms with Gasteiger partial charge in [0.2, 0.25) is 0 Å². The molecule has 0 saturated heterocycles. The third-order valence-corrected chi connectivity index (χ3v) is 2.09. The molecule has 0 amide bonds. The maximum absolute atomic E-state index is 5.33. The molecule has 0 bridgehead atoms. The first kappa shape index (κ1) is 8.64. The lowest BCUT2D eigenvalue weighted by molar-refractivity contribution is 0.441. The van der Waals surface area contributed by atoms with Crippen LogP contribution in [0, 0.1) is 0 Å². The molecular formula is C7H12N2OS. The van der Waals surface area contributed by atoms with Crippen molar-refractivity contribution >= 4 is 11.8 Å². The van der Waals surface area contributed by atoms with Gasteiger partial charge in [-0.15, -0.1) is 0 Å². The Kier molecular flexibility index (Phi) is 3.48. The standard InChI is InChI=1S/C7H12N2OS/c1-11-5-6(9-8)7-3-2-4-10-7/h2-4,6,9H,5,8H2,1H3. The molecule has 1 rings (SSSR count). The lowest BCUT2D eigenvalue weighted by Crippen LogP contribution is -2.29. The van der Waals surface area contributed by atoms with Gasteiger partial charge >= 0.3 is 0 Å². The summed E-state index contributed by atoms with van der Waals surface area (Å²) in [5, 5.41) is 0. The van der Waals surface area contributed by atoms with E-state index in [1.807, 2.05) is 18.4 Å². The van der Waals surface area contributed by atoms with Crippen LogP contribution in [-0.2, 0) is 0 Å². The summed E-state index contributed by atoms with van der Waals surface area (Å²) >= 11 is 1.73. The molecule has 0 radical (unpaired) electrons. The molecule has 1 aromatic rings. The van der Waals surface area contributed by atoms with E-state index >= 15 is 0 Å². The molecule has 0 aliphatic carbocycles. The number of nitrogens with one attached hydrogen (secondary N) is 1. The van der Waals surface area contributed by atoms with Gasteiger partial charge in [0, 0.05) is 5.75 Å². The van der Waals surface area contributed by atoms with Gasteiger partial charge < -0.3 is 4.42 Å². The average molecular weight is 172 g/mol. The first-order chi connectivity index (χ1) is 5.38. The van der Waals surface area contributed by atoms with Crippen LogP contribution in [0.15, 0.2) is 22.8 Å². The van der Waals surface area contributed by atoms with Gasteiger partial charge in [-0.2, -0.15) is 11.8 Å². The van der Waals surface area contributed by atoms with Crippen molar-refractivity contribution in [1.29, 1.82) is 0 Å². The summed E-state index contributed by atoms with van der Waals surface area (Å²) in [6, 6.07) is 3.90. The van der Waals surface area contributed by atoms with E-state index in [9.17, 15) is 0 Å². The largest absolute Gasteiger partial charge is 0.468 e. The highest BCUT2D eigenvalue weighted by atomic mass is 32.2. The maximum Gasteiger partial charge on any atom is 0.122 e. The molecule has 1 atom stereocenters. The Morgan fingerprint density at radius 1 is 1.82 bits per heavy atom. The summed E-state index contributed by atoms with van der Waals surface area (Å²) in [6.07, 6.45) is 3.69. The van der Waals surface area contributed by atoms with Crippen molar-refractivity contribution in [2.75, 3.05) is 12.0 Å². The summed E-state index contributed by atoms with van der Waals surface area (Å²) in [4.78, 5) is 0. The Labute approximate surface area is 70.3 Å². The van der Waals surface area contributed by atoms with Crippen LogP contribution in [-0.4, -0.2) is 12.0 Å². The fourth-order valence-corrected chi connectivity index (χ4v) is 1.46. The van der Waals surface area contributed by atoms with Crippen molar-refractivity contribution in [2.24, 2.45) is 5.84 Å². The van der Waals surface area contributed by atoms with Crippen molar-refractivity contribution in [2.45, 2.75) is 6.04 Å². The van der Waals surface area contributed by atoms with Gasteiger partial charge in [-0.05, 0) is 18.4 Å². The normalized spacial score (nSPS) is 13.3. The number of rotatable bonds is 4. The predicted molar refractivity (Wildman–Crippen MR) is 47.2 cm³/mol. The molecule has 11 heavy (non-hydrogen) atoms. The maximum atomic E-state index is 5.33. The molecule has 0 aliphatic rings. The van der Waals surface area contributed by atoms with E-state index in [0.29, 0.717) is 0 Å². The van der Waals surface area contributed by atoms with Crippen LogP contribution < -0.4 is 11.3 Å². The van der Waals surface area contributed by atoms with E-state index < -0.39 is 0 Å². The van der Waals surface area contributed by atoms with Crippen LogP contribution in [0.4, 0.5) is 0 Å². The van der Waals surface area contributed by atoms with Crippen LogP contribution in [0.3, 0.4) is 0 Å². The van der Waals surface area contributed by atoms with Gasteiger partial charge in [0.1, 0.15) is 5.76 Å². The summed E-state index contributed by atoms with van der Waals surface area (Å²) < 4.78 is 5.18. The van der Waals surface area contributed by atoms with E-state index in [4.69, 9.17) is 10.3 Å². The van der Waals surface area contributed by atoms with Crippen LogP contribution in [0.1, 0.15) is 11.8 Å². The molecule has 0 fully saturated rings. The topological polar surface area (TPSA) is 51.2 Å². The van der Waals surface area contributed by atoms with Crippen LogP contribution in [0.5, 0.6) is 0 Å². The third kappa shape index (κ3) is 2.25. The SMILES string of the molecule is CSCC(NN)c1ccco1. The summed E-state index contributed by atoms with van der Waals surface area (Å²) in [5.74, 6) is 7.14. The van der Waals surface area contributed by atoms with Gasteiger partial charge in [-0.3, -0.25) is 5.84 Å². The smallest absolute Gasteiger partial charge is 0.122 e. The van der Waals surface area contributed by atoms with E-state index in [1.165, 1.54) is 0 Å². The first-order valence-electron chi connectivity index (χ1n) is 3.37. The molecular weight excluding hydrogens is 160 g/mol. The lowest BCUT2D eigenvalue weighted by atomic mass is 10.3. The quantitative estimate of drug-likeness (QED) is 0.528. The van der Waals surface area contributed by atoms with Gasteiger partial charge in [0.05, 0.1) is 12.3 Å². The highest BCUT2D eigenvalue weighted by Crippen LogP contribution is 2.15. The molecule has 4 heteroatoms. The Bertz CT molecular complexity index is 188. The highest BCUT2D eigenvalue weighted by Gasteiger charge is 2.10. The second-order valence-electron chi connectivity index (χ2n) is 2.19. The molecule has 1 heterocycles. The van der Waals surface area contributed by atoms with Crippen molar-refractivity contribution in [3.63, 3.8) is 0 Å². The first-order valence-corrected chi connectivity index (χ1v) is 4.76. The van der Waals surface area contributed by atoms with Gasteiger partial charge in [-0.1, -0.05) is 0 Å². The molecule has 0 saturated carbocycles. The minimum absolute atomic E-state index is 0.125. The second-order valence-corrected chi connectivity index (χ2v) is 3.10. The number of thioether (sulfide) groups is 1. The van der Waals surface area contributed by atoms with Crippen molar-refractivity contribution < 1.29 is 4.42 Å². The lowest BCUT2D eigenvalue weighted by Gasteiger charge is -2.10. The fourth-order valence-electron chi connectivity index (χ4n) is 0.869. The second kappa shape index (κ2) is 4.43.